The molecule has 6 nitrogen and oxygen atoms in total. The van der Waals surface area contributed by atoms with E-state index in [9.17, 15) is 4.79 Å². The Hall–Kier alpha value is -1.69. The molecule has 0 atom stereocenters. The van der Waals surface area contributed by atoms with Crippen LogP contribution in [0.2, 0.25) is 0 Å². The van der Waals surface area contributed by atoms with Gasteiger partial charge in [-0.25, -0.2) is 9.97 Å². The van der Waals surface area contributed by atoms with Gasteiger partial charge in [0.2, 0.25) is 5.95 Å². The highest BCUT2D eigenvalue weighted by atomic mass is 16.2. The van der Waals surface area contributed by atoms with E-state index in [1.54, 1.807) is 0 Å². The van der Waals surface area contributed by atoms with E-state index in [0.29, 0.717) is 5.56 Å². The predicted octanol–water partition coefficient (Wildman–Crippen LogP) is -0.163. The molecule has 0 unspecified atom stereocenters. The number of aromatic nitrogens is 2. The number of amides is 1. The minimum Gasteiger partial charge on any atom is -0.368 e. The Morgan fingerprint density at radius 1 is 1.29 bits per heavy atom. The molecule has 1 amide bonds. The average Bonchev–Trinajstić information content (AvgIpc) is 2.39. The molecule has 0 bridgehead atoms. The number of nitrogens with zero attached hydrogens (tertiary/aromatic N) is 4. The highest BCUT2D eigenvalue weighted by Gasteiger charge is 2.21. The molecule has 1 fully saturated rings. The molecule has 1 saturated heterocycles. The van der Waals surface area contributed by atoms with Crippen LogP contribution in [0.1, 0.15) is 17.3 Å². The molecule has 1 aromatic heterocycles. The summed E-state index contributed by atoms with van der Waals surface area (Å²) in [5.74, 6) is 0.179. The molecule has 0 radical (unpaired) electrons. The van der Waals surface area contributed by atoms with E-state index in [1.165, 1.54) is 12.4 Å². The summed E-state index contributed by atoms with van der Waals surface area (Å²) < 4.78 is 0. The fourth-order valence-electron chi connectivity index (χ4n) is 1.90. The quantitative estimate of drug-likeness (QED) is 0.770. The van der Waals surface area contributed by atoms with Gasteiger partial charge in [0.05, 0.1) is 5.56 Å². The topological polar surface area (TPSA) is 75.3 Å². The minimum absolute atomic E-state index is 0.0132. The van der Waals surface area contributed by atoms with Crippen molar-refractivity contribution < 1.29 is 4.79 Å². The number of carbonyl (C=O) groups excluding carboxylic acids is 1. The molecular weight excluding hydrogens is 218 g/mol. The van der Waals surface area contributed by atoms with Crippen molar-refractivity contribution in [1.82, 2.24) is 19.8 Å². The molecule has 2 rings (SSSR count). The van der Waals surface area contributed by atoms with Crippen LogP contribution in [0, 0.1) is 0 Å². The van der Waals surface area contributed by atoms with Crippen LogP contribution in [-0.2, 0) is 0 Å². The van der Waals surface area contributed by atoms with E-state index in [-0.39, 0.29) is 11.9 Å². The summed E-state index contributed by atoms with van der Waals surface area (Å²) in [6.07, 6.45) is 2.97. The summed E-state index contributed by atoms with van der Waals surface area (Å²) >= 11 is 0. The normalized spacial score (nSPS) is 17.1. The molecule has 0 spiro atoms. The van der Waals surface area contributed by atoms with Gasteiger partial charge in [0.15, 0.2) is 0 Å². The summed E-state index contributed by atoms with van der Waals surface area (Å²) in [6, 6.07) is 0. The zero-order valence-electron chi connectivity index (χ0n) is 9.96. The summed E-state index contributed by atoms with van der Waals surface area (Å²) in [4.78, 5) is 23.9. The maximum Gasteiger partial charge on any atom is 0.257 e. The lowest BCUT2D eigenvalue weighted by molar-refractivity contribution is 0.0642. The summed E-state index contributed by atoms with van der Waals surface area (Å²) in [7, 11) is 0. The second-order valence-corrected chi connectivity index (χ2v) is 4.06. The molecule has 17 heavy (non-hydrogen) atoms. The number of likely N-dealkylation sites (N-methyl/N-ethyl adjacent to an activating group) is 1. The molecule has 92 valence electrons. The summed E-state index contributed by atoms with van der Waals surface area (Å²) in [5, 5.41) is 0. The number of carbonyl (C=O) groups is 1. The third kappa shape index (κ3) is 2.71. The van der Waals surface area contributed by atoms with Crippen molar-refractivity contribution in [3.05, 3.63) is 18.0 Å². The SMILES string of the molecule is CCN1CCN(C(=O)c2cnc(N)nc2)CC1. The van der Waals surface area contributed by atoms with Crippen molar-refractivity contribution in [3.8, 4) is 0 Å². The number of hydrogen-bond donors (Lipinski definition) is 1. The first-order valence-corrected chi connectivity index (χ1v) is 5.80. The minimum atomic E-state index is -0.0132. The van der Waals surface area contributed by atoms with Crippen molar-refractivity contribution >= 4 is 11.9 Å². The predicted molar refractivity (Wildman–Crippen MR) is 64.5 cm³/mol. The second-order valence-electron chi connectivity index (χ2n) is 4.06. The van der Waals surface area contributed by atoms with Crippen LogP contribution in [-0.4, -0.2) is 58.4 Å². The molecule has 2 heterocycles. The van der Waals surface area contributed by atoms with Gasteiger partial charge in [-0.15, -0.1) is 0 Å². The van der Waals surface area contributed by atoms with Crippen LogP contribution >= 0.6 is 0 Å². The van der Waals surface area contributed by atoms with Crippen molar-refractivity contribution in [3.63, 3.8) is 0 Å². The standard InChI is InChI=1S/C11H17N5O/c1-2-15-3-5-16(6-4-15)10(17)9-7-13-11(12)14-8-9/h7-8H,2-6H2,1H3,(H2,12,13,14). The van der Waals surface area contributed by atoms with E-state index in [0.717, 1.165) is 32.7 Å². The second kappa shape index (κ2) is 5.09. The van der Waals surface area contributed by atoms with Gasteiger partial charge in [-0.2, -0.15) is 0 Å². The Morgan fingerprint density at radius 3 is 2.41 bits per heavy atom. The number of rotatable bonds is 2. The number of hydrogen-bond acceptors (Lipinski definition) is 5. The van der Waals surface area contributed by atoms with Crippen molar-refractivity contribution in [2.45, 2.75) is 6.92 Å². The van der Waals surface area contributed by atoms with E-state index < -0.39 is 0 Å². The number of nitrogens with two attached hydrogens (primary N) is 1. The monoisotopic (exact) mass is 235 g/mol. The first kappa shape index (κ1) is 11.8. The van der Waals surface area contributed by atoms with Gasteiger partial charge < -0.3 is 15.5 Å². The Balaban J connectivity index is 1.99. The van der Waals surface area contributed by atoms with Crippen LogP contribution in [0.25, 0.3) is 0 Å². The molecule has 1 aliphatic rings. The van der Waals surface area contributed by atoms with E-state index in [2.05, 4.69) is 21.8 Å². The lowest BCUT2D eigenvalue weighted by Crippen LogP contribution is -2.48. The summed E-state index contributed by atoms with van der Waals surface area (Å²) in [5.41, 5.74) is 5.89. The van der Waals surface area contributed by atoms with E-state index in [4.69, 9.17) is 5.73 Å². The summed E-state index contributed by atoms with van der Waals surface area (Å²) in [6.45, 7) is 6.54. The molecule has 1 aromatic rings. The average molecular weight is 235 g/mol. The van der Waals surface area contributed by atoms with Crippen molar-refractivity contribution in [2.24, 2.45) is 0 Å². The highest BCUT2D eigenvalue weighted by molar-refractivity contribution is 5.93. The van der Waals surface area contributed by atoms with Crippen LogP contribution < -0.4 is 5.73 Å². The molecule has 0 saturated carbocycles. The maximum atomic E-state index is 12.1. The highest BCUT2D eigenvalue weighted by Crippen LogP contribution is 2.07. The molecule has 0 aliphatic carbocycles. The Labute approximate surface area is 100 Å². The Morgan fingerprint density at radius 2 is 1.88 bits per heavy atom. The first-order valence-electron chi connectivity index (χ1n) is 5.80. The van der Waals surface area contributed by atoms with Crippen LogP contribution in [0.15, 0.2) is 12.4 Å². The number of anilines is 1. The largest absolute Gasteiger partial charge is 0.368 e. The zero-order chi connectivity index (χ0) is 12.3. The fraction of sp³-hybridized carbons (Fsp3) is 0.545. The van der Waals surface area contributed by atoms with Gasteiger partial charge in [0.25, 0.3) is 5.91 Å². The van der Waals surface area contributed by atoms with Crippen LogP contribution in [0.3, 0.4) is 0 Å². The maximum absolute atomic E-state index is 12.1. The van der Waals surface area contributed by atoms with Gasteiger partial charge in [-0.3, -0.25) is 4.79 Å². The fourth-order valence-corrected chi connectivity index (χ4v) is 1.90. The van der Waals surface area contributed by atoms with E-state index in [1.807, 2.05) is 4.90 Å². The zero-order valence-corrected chi connectivity index (χ0v) is 9.96. The van der Waals surface area contributed by atoms with Gasteiger partial charge in [-0.1, -0.05) is 6.92 Å². The van der Waals surface area contributed by atoms with Gasteiger partial charge in [-0.05, 0) is 6.54 Å². The Kier molecular flexibility index (Phi) is 3.53. The molecule has 0 aromatic carbocycles. The molecule has 6 heteroatoms. The molecular formula is C11H17N5O. The smallest absolute Gasteiger partial charge is 0.257 e. The van der Waals surface area contributed by atoms with Crippen LogP contribution in [0.4, 0.5) is 5.95 Å². The Bertz CT molecular complexity index is 383. The van der Waals surface area contributed by atoms with Crippen molar-refractivity contribution in [2.75, 3.05) is 38.5 Å². The van der Waals surface area contributed by atoms with E-state index >= 15 is 0 Å². The van der Waals surface area contributed by atoms with Gasteiger partial charge in [0, 0.05) is 38.6 Å². The number of piperazine rings is 1. The van der Waals surface area contributed by atoms with Crippen LogP contribution in [0.5, 0.6) is 0 Å². The molecule has 1 aliphatic heterocycles. The van der Waals surface area contributed by atoms with Gasteiger partial charge in [0.1, 0.15) is 0 Å². The number of nitrogen functional groups attached to an aromatic ring is 1. The first-order chi connectivity index (χ1) is 8.20. The molecule has 2 N–H and O–H groups in total. The third-order valence-electron chi connectivity index (χ3n) is 3.03. The lowest BCUT2D eigenvalue weighted by Gasteiger charge is -2.33. The van der Waals surface area contributed by atoms with Gasteiger partial charge >= 0.3 is 0 Å². The lowest BCUT2D eigenvalue weighted by atomic mass is 10.2. The third-order valence-corrected chi connectivity index (χ3v) is 3.03. The van der Waals surface area contributed by atoms with Crippen molar-refractivity contribution in [1.29, 1.82) is 0 Å².